The Balaban J connectivity index is 1.67. The van der Waals surface area contributed by atoms with Crippen molar-refractivity contribution in [1.29, 1.82) is 0 Å². The third kappa shape index (κ3) is 8.74. The SMILES string of the molecule is Cc1c(CC(=O)NCCOCCOCCOCCN=[N+]=[N-])c(=O)oc2cc(N(C)C)ccc12. The number of carbonyl (C=O) groups is 1. The van der Waals surface area contributed by atoms with Gasteiger partial charge in [0.25, 0.3) is 0 Å². The molecule has 11 nitrogen and oxygen atoms in total. The van der Waals surface area contributed by atoms with Gasteiger partial charge in [-0.05, 0) is 30.2 Å². The number of rotatable bonds is 15. The van der Waals surface area contributed by atoms with E-state index in [2.05, 4.69) is 15.3 Å². The minimum atomic E-state index is -0.499. The van der Waals surface area contributed by atoms with E-state index >= 15 is 0 Å². The Morgan fingerprint density at radius 1 is 1.12 bits per heavy atom. The van der Waals surface area contributed by atoms with Crippen LogP contribution in [-0.4, -0.2) is 72.7 Å². The third-order valence-corrected chi connectivity index (χ3v) is 4.84. The molecule has 0 atom stereocenters. The van der Waals surface area contributed by atoms with Gasteiger partial charge in [-0.25, -0.2) is 4.79 Å². The molecule has 0 spiro atoms. The van der Waals surface area contributed by atoms with Crippen molar-refractivity contribution in [3.8, 4) is 0 Å². The molecule has 1 N–H and O–H groups in total. The van der Waals surface area contributed by atoms with E-state index in [1.54, 1.807) is 0 Å². The van der Waals surface area contributed by atoms with Gasteiger partial charge in [0.2, 0.25) is 5.91 Å². The summed E-state index contributed by atoms with van der Waals surface area (Å²) in [5.41, 5.74) is 10.2. The molecule has 0 unspecified atom stereocenters. The van der Waals surface area contributed by atoms with Crippen LogP contribution in [-0.2, 0) is 25.4 Å². The van der Waals surface area contributed by atoms with Crippen molar-refractivity contribution in [3.63, 3.8) is 0 Å². The maximum Gasteiger partial charge on any atom is 0.340 e. The van der Waals surface area contributed by atoms with Gasteiger partial charge in [0.05, 0.1) is 51.6 Å². The number of aryl methyl sites for hydroxylation is 1. The lowest BCUT2D eigenvalue weighted by Gasteiger charge is -2.14. The Hall–Kier alpha value is -3.11. The Morgan fingerprint density at radius 3 is 2.45 bits per heavy atom. The predicted octanol–water partition coefficient (Wildman–Crippen LogP) is 2.19. The third-order valence-electron chi connectivity index (χ3n) is 4.84. The van der Waals surface area contributed by atoms with Gasteiger partial charge in [-0.15, -0.1) is 0 Å². The van der Waals surface area contributed by atoms with E-state index in [9.17, 15) is 9.59 Å². The fourth-order valence-electron chi connectivity index (χ4n) is 3.04. The first-order valence-electron chi connectivity index (χ1n) is 10.7. The van der Waals surface area contributed by atoms with Gasteiger partial charge in [0.1, 0.15) is 5.58 Å². The first-order chi connectivity index (χ1) is 15.9. The van der Waals surface area contributed by atoms with Crippen molar-refractivity contribution < 1.29 is 23.4 Å². The van der Waals surface area contributed by atoms with E-state index in [1.165, 1.54) is 0 Å². The highest BCUT2D eigenvalue weighted by Crippen LogP contribution is 2.24. The Kier molecular flexibility index (Phi) is 11.2. The number of azide groups is 1. The van der Waals surface area contributed by atoms with E-state index < -0.39 is 5.63 Å². The number of carbonyl (C=O) groups excluding carboxylic acids is 1. The van der Waals surface area contributed by atoms with Gasteiger partial charge >= 0.3 is 5.63 Å². The zero-order chi connectivity index (χ0) is 24.1. The molecule has 0 saturated carbocycles. The average molecular weight is 462 g/mol. The largest absolute Gasteiger partial charge is 0.422 e. The molecule has 0 saturated heterocycles. The lowest BCUT2D eigenvalue weighted by Crippen LogP contribution is -2.30. The minimum absolute atomic E-state index is 0.0532. The molecule has 2 rings (SSSR count). The zero-order valence-electron chi connectivity index (χ0n) is 19.3. The molecule has 2 aromatic rings. The summed E-state index contributed by atoms with van der Waals surface area (Å²) in [6.45, 7) is 4.76. The van der Waals surface area contributed by atoms with E-state index in [1.807, 2.05) is 44.1 Å². The van der Waals surface area contributed by atoms with E-state index in [0.717, 1.165) is 16.6 Å². The van der Waals surface area contributed by atoms with Crippen molar-refractivity contribution in [3.05, 3.63) is 50.2 Å². The highest BCUT2D eigenvalue weighted by molar-refractivity contribution is 5.86. The maximum absolute atomic E-state index is 12.4. The standard InChI is InChI=1S/C22H31N5O6/c1-16-18-5-4-17(27(2)3)14-20(18)33-22(29)19(16)15-21(28)24-6-8-30-10-12-32-13-11-31-9-7-25-26-23/h4-5,14H,6-13,15H2,1-3H3,(H,24,28). The molecule has 1 amide bonds. The number of fused-ring (bicyclic) bond motifs is 1. The number of amides is 1. The van der Waals surface area contributed by atoms with Gasteiger partial charge < -0.3 is 28.8 Å². The summed E-state index contributed by atoms with van der Waals surface area (Å²) >= 11 is 0. The Bertz CT molecular complexity index is 1020. The summed E-state index contributed by atoms with van der Waals surface area (Å²) in [7, 11) is 3.82. The Morgan fingerprint density at radius 2 is 1.79 bits per heavy atom. The fraction of sp³-hybridized carbons (Fsp3) is 0.545. The molecule has 0 fully saturated rings. The number of nitrogens with zero attached hydrogens (tertiary/aromatic N) is 4. The number of nitrogens with one attached hydrogen (secondary N) is 1. The van der Waals surface area contributed by atoms with Crippen LogP contribution in [0.15, 0.2) is 32.5 Å². The summed E-state index contributed by atoms with van der Waals surface area (Å²) < 4.78 is 21.4. The lowest BCUT2D eigenvalue weighted by molar-refractivity contribution is -0.120. The highest BCUT2D eigenvalue weighted by atomic mass is 16.5. The molecule has 1 aromatic carbocycles. The number of benzene rings is 1. The van der Waals surface area contributed by atoms with Crippen LogP contribution in [0.2, 0.25) is 0 Å². The van der Waals surface area contributed by atoms with Gasteiger partial charge in [-0.3, -0.25) is 4.79 Å². The molecular weight excluding hydrogens is 430 g/mol. The van der Waals surface area contributed by atoms with Crippen molar-refractivity contribution >= 4 is 22.6 Å². The first kappa shape index (κ1) is 26.1. The van der Waals surface area contributed by atoms with Crippen LogP contribution in [0, 0.1) is 6.92 Å². The van der Waals surface area contributed by atoms with E-state index in [4.69, 9.17) is 24.2 Å². The number of hydrogen-bond acceptors (Lipinski definition) is 8. The number of hydrogen-bond donors (Lipinski definition) is 1. The molecule has 33 heavy (non-hydrogen) atoms. The topological polar surface area (TPSA) is 139 Å². The average Bonchev–Trinajstić information content (AvgIpc) is 2.79. The molecule has 0 radical (unpaired) electrons. The van der Waals surface area contributed by atoms with Crippen LogP contribution in [0.25, 0.3) is 21.4 Å². The second-order valence-corrected chi connectivity index (χ2v) is 7.39. The molecule has 0 aliphatic carbocycles. The van der Waals surface area contributed by atoms with Gasteiger partial charge in [0, 0.05) is 49.2 Å². The smallest absolute Gasteiger partial charge is 0.340 e. The predicted molar refractivity (Wildman–Crippen MR) is 125 cm³/mol. The normalized spacial score (nSPS) is 10.8. The molecule has 1 heterocycles. The quantitative estimate of drug-likeness (QED) is 0.141. The second-order valence-electron chi connectivity index (χ2n) is 7.39. The summed E-state index contributed by atoms with van der Waals surface area (Å²) in [5, 5.41) is 6.91. The van der Waals surface area contributed by atoms with Crippen molar-refractivity contribution in [1.82, 2.24) is 5.32 Å². The van der Waals surface area contributed by atoms with Crippen LogP contribution >= 0.6 is 0 Å². The van der Waals surface area contributed by atoms with E-state index in [0.29, 0.717) is 63.9 Å². The molecule has 0 aliphatic heterocycles. The van der Waals surface area contributed by atoms with Crippen LogP contribution in [0.4, 0.5) is 5.69 Å². The summed E-state index contributed by atoms with van der Waals surface area (Å²) in [4.78, 5) is 29.3. The van der Waals surface area contributed by atoms with Gasteiger partial charge in [0.15, 0.2) is 0 Å². The van der Waals surface area contributed by atoms with Crippen LogP contribution in [0.5, 0.6) is 0 Å². The fourth-order valence-corrected chi connectivity index (χ4v) is 3.04. The van der Waals surface area contributed by atoms with Gasteiger partial charge in [-0.2, -0.15) is 0 Å². The first-order valence-corrected chi connectivity index (χ1v) is 10.7. The molecule has 11 heteroatoms. The molecule has 0 bridgehead atoms. The monoisotopic (exact) mass is 461 g/mol. The van der Waals surface area contributed by atoms with Crippen LogP contribution in [0.3, 0.4) is 0 Å². The summed E-state index contributed by atoms with van der Waals surface area (Å²) in [6.07, 6.45) is -0.0532. The highest BCUT2D eigenvalue weighted by Gasteiger charge is 2.15. The van der Waals surface area contributed by atoms with Gasteiger partial charge in [-0.1, -0.05) is 5.11 Å². The van der Waals surface area contributed by atoms with Crippen molar-refractivity contribution in [2.75, 3.05) is 71.7 Å². The van der Waals surface area contributed by atoms with Crippen LogP contribution in [0.1, 0.15) is 11.1 Å². The maximum atomic E-state index is 12.4. The Labute approximate surface area is 192 Å². The zero-order valence-corrected chi connectivity index (χ0v) is 19.3. The van der Waals surface area contributed by atoms with Crippen LogP contribution < -0.4 is 15.8 Å². The van der Waals surface area contributed by atoms with Crippen molar-refractivity contribution in [2.45, 2.75) is 13.3 Å². The molecule has 1 aromatic heterocycles. The summed E-state index contributed by atoms with van der Waals surface area (Å²) in [5.74, 6) is -0.271. The summed E-state index contributed by atoms with van der Waals surface area (Å²) in [6, 6.07) is 5.66. The number of ether oxygens (including phenoxy) is 3. The molecular formula is C22H31N5O6. The molecule has 180 valence electrons. The lowest BCUT2D eigenvalue weighted by atomic mass is 10.0. The second kappa shape index (κ2) is 14.1. The number of anilines is 1. The molecule has 0 aliphatic rings. The van der Waals surface area contributed by atoms with E-state index in [-0.39, 0.29) is 12.3 Å². The van der Waals surface area contributed by atoms with Crippen molar-refractivity contribution in [2.24, 2.45) is 5.11 Å². The minimum Gasteiger partial charge on any atom is -0.422 e.